The van der Waals surface area contributed by atoms with Crippen molar-refractivity contribution in [1.29, 1.82) is 0 Å². The lowest BCUT2D eigenvalue weighted by Gasteiger charge is -2.25. The zero-order chi connectivity index (χ0) is 11.4. The molecule has 6 nitrogen and oxygen atoms in total. The van der Waals surface area contributed by atoms with Gasteiger partial charge in [0, 0.05) is 6.54 Å². The molecule has 86 valence electrons. The summed E-state index contributed by atoms with van der Waals surface area (Å²) in [5, 5.41) is 11.4. The Balaban J connectivity index is 2.43. The van der Waals surface area contributed by atoms with Gasteiger partial charge in [0.1, 0.15) is 12.1 Å². The van der Waals surface area contributed by atoms with Gasteiger partial charge in [-0.25, -0.2) is 4.79 Å². The van der Waals surface area contributed by atoms with Crippen molar-refractivity contribution in [2.24, 2.45) is 0 Å². The molecule has 0 saturated carbocycles. The van der Waals surface area contributed by atoms with E-state index < -0.39 is 18.1 Å². The fourth-order valence-electron chi connectivity index (χ4n) is 1.66. The Bertz CT molecular complexity index is 256. The smallest absolute Gasteiger partial charge is 0.407 e. The predicted octanol–water partition coefficient (Wildman–Crippen LogP) is -0.110. The van der Waals surface area contributed by atoms with E-state index in [2.05, 4.69) is 5.32 Å². The number of carbonyl (C=O) groups is 2. The van der Waals surface area contributed by atoms with Crippen LogP contribution in [0.4, 0.5) is 4.79 Å². The number of aliphatic carboxylic acids is 1. The first-order valence-corrected chi connectivity index (χ1v) is 4.92. The monoisotopic (exact) mass is 216 g/mol. The number of ether oxygens (including phenoxy) is 1. The number of hydrogen-bond acceptors (Lipinski definition) is 4. The molecule has 1 amide bonds. The third-order valence-electron chi connectivity index (χ3n) is 2.44. The Morgan fingerprint density at radius 1 is 1.80 bits per heavy atom. The predicted molar refractivity (Wildman–Crippen MR) is 52.6 cm³/mol. The molecule has 0 aromatic heterocycles. The lowest BCUT2D eigenvalue weighted by molar-refractivity contribution is -0.143. The van der Waals surface area contributed by atoms with Crippen molar-refractivity contribution in [3.63, 3.8) is 0 Å². The molecule has 6 heteroatoms. The number of carboxylic acids is 1. The standard InChI is InChI=1S/C9H16N2O4/c1-3-7(8(12)13)11(2)5-6-4-10-9(14)15-6/h6-7H,3-5H2,1-2H3,(H,10,14)(H,12,13). The maximum Gasteiger partial charge on any atom is 0.407 e. The number of amides is 1. The minimum atomic E-state index is -0.850. The lowest BCUT2D eigenvalue weighted by atomic mass is 10.2. The van der Waals surface area contributed by atoms with Crippen LogP contribution < -0.4 is 5.32 Å². The zero-order valence-corrected chi connectivity index (χ0v) is 8.90. The summed E-state index contributed by atoms with van der Waals surface area (Å²) in [6.07, 6.45) is -0.160. The molecule has 1 saturated heterocycles. The summed E-state index contributed by atoms with van der Waals surface area (Å²) in [6, 6.07) is -0.524. The number of hydrogen-bond donors (Lipinski definition) is 2. The van der Waals surface area contributed by atoms with Crippen molar-refractivity contribution in [3.8, 4) is 0 Å². The number of rotatable bonds is 5. The van der Waals surface area contributed by atoms with Gasteiger partial charge in [0.05, 0.1) is 6.54 Å². The summed E-state index contributed by atoms with van der Waals surface area (Å²) in [5.74, 6) is -0.850. The number of cyclic esters (lactones) is 1. The highest BCUT2D eigenvalue weighted by molar-refractivity contribution is 5.73. The number of carboxylic acid groups (broad SMARTS) is 1. The van der Waals surface area contributed by atoms with Crippen LogP contribution in [0, 0.1) is 0 Å². The van der Waals surface area contributed by atoms with E-state index in [9.17, 15) is 9.59 Å². The second-order valence-electron chi connectivity index (χ2n) is 3.61. The number of nitrogens with zero attached hydrogens (tertiary/aromatic N) is 1. The van der Waals surface area contributed by atoms with Gasteiger partial charge in [0.25, 0.3) is 0 Å². The van der Waals surface area contributed by atoms with E-state index in [4.69, 9.17) is 9.84 Å². The van der Waals surface area contributed by atoms with Crippen LogP contribution in [0.2, 0.25) is 0 Å². The van der Waals surface area contributed by atoms with Crippen molar-refractivity contribution >= 4 is 12.1 Å². The highest BCUT2D eigenvalue weighted by Crippen LogP contribution is 2.07. The quantitative estimate of drug-likeness (QED) is 0.670. The molecule has 0 spiro atoms. The highest BCUT2D eigenvalue weighted by atomic mass is 16.6. The van der Waals surface area contributed by atoms with Gasteiger partial charge in [-0.3, -0.25) is 9.69 Å². The Kier molecular flexibility index (Phi) is 3.90. The molecule has 1 aliphatic rings. The largest absolute Gasteiger partial charge is 0.480 e. The number of alkyl carbamates (subject to hydrolysis) is 1. The maximum atomic E-state index is 10.8. The summed E-state index contributed by atoms with van der Waals surface area (Å²) >= 11 is 0. The molecule has 1 rings (SSSR count). The fourth-order valence-corrected chi connectivity index (χ4v) is 1.66. The second-order valence-corrected chi connectivity index (χ2v) is 3.61. The molecule has 2 N–H and O–H groups in total. The molecule has 0 aromatic carbocycles. The Labute approximate surface area is 88.2 Å². The van der Waals surface area contributed by atoms with Crippen LogP contribution >= 0.6 is 0 Å². The van der Waals surface area contributed by atoms with Gasteiger partial charge in [-0.2, -0.15) is 0 Å². The van der Waals surface area contributed by atoms with E-state index in [0.29, 0.717) is 19.5 Å². The maximum absolute atomic E-state index is 10.8. The zero-order valence-electron chi connectivity index (χ0n) is 8.90. The van der Waals surface area contributed by atoms with Crippen LogP contribution in [-0.2, 0) is 9.53 Å². The minimum Gasteiger partial charge on any atom is -0.480 e. The topological polar surface area (TPSA) is 78.9 Å². The van der Waals surface area contributed by atoms with Gasteiger partial charge in [0.2, 0.25) is 0 Å². The van der Waals surface area contributed by atoms with Gasteiger partial charge in [-0.1, -0.05) is 6.92 Å². The first-order valence-electron chi connectivity index (χ1n) is 4.92. The van der Waals surface area contributed by atoms with Crippen LogP contribution in [0.15, 0.2) is 0 Å². The van der Waals surface area contributed by atoms with E-state index in [0.717, 1.165) is 0 Å². The average Bonchev–Trinajstić information content (AvgIpc) is 2.51. The van der Waals surface area contributed by atoms with Crippen LogP contribution in [0.3, 0.4) is 0 Å². The van der Waals surface area contributed by atoms with Crippen molar-refractivity contribution in [3.05, 3.63) is 0 Å². The molecule has 2 unspecified atom stereocenters. The van der Waals surface area contributed by atoms with E-state index in [1.165, 1.54) is 0 Å². The average molecular weight is 216 g/mol. The summed E-state index contributed by atoms with van der Waals surface area (Å²) in [4.78, 5) is 23.3. The van der Waals surface area contributed by atoms with Crippen molar-refractivity contribution < 1.29 is 19.4 Å². The molecule has 0 aliphatic carbocycles. The van der Waals surface area contributed by atoms with Crippen LogP contribution in [0.5, 0.6) is 0 Å². The molecule has 0 aromatic rings. The number of carbonyl (C=O) groups excluding carboxylic acids is 1. The lowest BCUT2D eigenvalue weighted by Crippen LogP contribution is -2.42. The first-order chi connectivity index (χ1) is 7.04. The van der Waals surface area contributed by atoms with Gasteiger partial charge >= 0.3 is 12.1 Å². The Morgan fingerprint density at radius 3 is 2.87 bits per heavy atom. The molecule has 2 atom stereocenters. The number of nitrogens with one attached hydrogen (secondary N) is 1. The SMILES string of the molecule is CCC(C(=O)O)N(C)CC1CNC(=O)O1. The first kappa shape index (κ1) is 11.8. The van der Waals surface area contributed by atoms with Crippen LogP contribution in [0.1, 0.15) is 13.3 Å². The molecule has 15 heavy (non-hydrogen) atoms. The van der Waals surface area contributed by atoms with Gasteiger partial charge in [0.15, 0.2) is 0 Å². The van der Waals surface area contributed by atoms with Gasteiger partial charge in [-0.05, 0) is 13.5 Å². The molecular weight excluding hydrogens is 200 g/mol. The summed E-state index contributed by atoms with van der Waals surface area (Å²) in [5.41, 5.74) is 0. The molecule has 1 fully saturated rings. The van der Waals surface area contributed by atoms with E-state index in [1.807, 2.05) is 6.92 Å². The fraction of sp³-hybridized carbons (Fsp3) is 0.778. The normalized spacial score (nSPS) is 22.3. The highest BCUT2D eigenvalue weighted by Gasteiger charge is 2.28. The van der Waals surface area contributed by atoms with E-state index in [1.54, 1.807) is 11.9 Å². The Morgan fingerprint density at radius 2 is 2.47 bits per heavy atom. The molecule has 1 aliphatic heterocycles. The number of likely N-dealkylation sites (N-methyl/N-ethyl adjacent to an activating group) is 1. The van der Waals surface area contributed by atoms with Crippen LogP contribution in [0.25, 0.3) is 0 Å². The van der Waals surface area contributed by atoms with E-state index in [-0.39, 0.29) is 6.10 Å². The summed E-state index contributed by atoms with van der Waals surface area (Å²) in [6.45, 7) is 2.69. The van der Waals surface area contributed by atoms with Crippen LogP contribution in [-0.4, -0.2) is 54.4 Å². The van der Waals surface area contributed by atoms with Crippen molar-refractivity contribution in [2.45, 2.75) is 25.5 Å². The summed E-state index contributed by atoms with van der Waals surface area (Å²) < 4.78 is 4.92. The van der Waals surface area contributed by atoms with E-state index >= 15 is 0 Å². The van der Waals surface area contributed by atoms with Gasteiger partial charge in [-0.15, -0.1) is 0 Å². The third kappa shape index (κ3) is 3.09. The second kappa shape index (κ2) is 4.97. The van der Waals surface area contributed by atoms with Crippen molar-refractivity contribution in [2.75, 3.05) is 20.1 Å². The summed E-state index contributed by atoms with van der Waals surface area (Å²) in [7, 11) is 1.72. The third-order valence-corrected chi connectivity index (χ3v) is 2.44. The Hall–Kier alpha value is -1.30. The van der Waals surface area contributed by atoms with Gasteiger partial charge < -0.3 is 15.2 Å². The molecule has 1 heterocycles. The molecule has 0 radical (unpaired) electrons. The molecular formula is C9H16N2O4. The van der Waals surface area contributed by atoms with Crippen molar-refractivity contribution in [1.82, 2.24) is 10.2 Å². The molecule has 0 bridgehead atoms. The minimum absolute atomic E-state index is 0.254.